The molecule has 1 saturated heterocycles. The van der Waals surface area contributed by atoms with Gasteiger partial charge in [-0.25, -0.2) is 0 Å². The van der Waals surface area contributed by atoms with Gasteiger partial charge in [0, 0.05) is 48.3 Å². The SMILES string of the molecule is O=C(CCCOc1ccc(Cl)cc1Cl)N1CCN(c2ccc(Cl)cc2)CC1. The van der Waals surface area contributed by atoms with E-state index in [0.717, 1.165) is 36.9 Å². The lowest BCUT2D eigenvalue weighted by Gasteiger charge is -2.36. The molecule has 1 amide bonds. The number of anilines is 1. The molecule has 0 saturated carbocycles. The highest BCUT2D eigenvalue weighted by atomic mass is 35.5. The normalized spacial score (nSPS) is 14.3. The number of ether oxygens (including phenoxy) is 1. The van der Waals surface area contributed by atoms with E-state index in [0.29, 0.717) is 35.2 Å². The van der Waals surface area contributed by atoms with E-state index in [1.807, 2.05) is 29.2 Å². The number of amides is 1. The topological polar surface area (TPSA) is 32.8 Å². The largest absolute Gasteiger partial charge is 0.492 e. The highest BCUT2D eigenvalue weighted by molar-refractivity contribution is 6.35. The van der Waals surface area contributed by atoms with Crippen LogP contribution in [-0.4, -0.2) is 43.6 Å². The van der Waals surface area contributed by atoms with Crippen molar-refractivity contribution in [3.8, 4) is 5.75 Å². The molecule has 27 heavy (non-hydrogen) atoms. The second-order valence-corrected chi connectivity index (χ2v) is 7.65. The van der Waals surface area contributed by atoms with Gasteiger partial charge in [0.15, 0.2) is 0 Å². The molecule has 2 aromatic rings. The Hall–Kier alpha value is -1.62. The molecule has 0 radical (unpaired) electrons. The predicted molar refractivity (Wildman–Crippen MR) is 111 cm³/mol. The van der Waals surface area contributed by atoms with E-state index in [2.05, 4.69) is 4.90 Å². The molecule has 1 fully saturated rings. The van der Waals surface area contributed by atoms with Crippen LogP contribution in [0.4, 0.5) is 5.69 Å². The molecule has 1 heterocycles. The number of halogens is 3. The Morgan fingerprint density at radius 3 is 2.26 bits per heavy atom. The lowest BCUT2D eigenvalue weighted by molar-refractivity contribution is -0.131. The smallest absolute Gasteiger partial charge is 0.222 e. The monoisotopic (exact) mass is 426 g/mol. The van der Waals surface area contributed by atoms with Crippen LogP contribution in [0.2, 0.25) is 15.1 Å². The van der Waals surface area contributed by atoms with Gasteiger partial charge in [0.05, 0.1) is 11.6 Å². The molecule has 0 aromatic heterocycles. The summed E-state index contributed by atoms with van der Waals surface area (Å²) in [4.78, 5) is 16.6. The molecule has 1 aliphatic rings. The molecule has 0 unspecified atom stereocenters. The standard InChI is InChI=1S/C20H21Cl3N2O2/c21-15-3-6-17(7-4-15)24-9-11-25(12-10-24)20(26)2-1-13-27-19-8-5-16(22)14-18(19)23/h3-8,14H,1-2,9-13H2. The zero-order valence-corrected chi connectivity index (χ0v) is 17.1. The molecule has 7 heteroatoms. The Morgan fingerprint density at radius 2 is 1.59 bits per heavy atom. The minimum Gasteiger partial charge on any atom is -0.492 e. The number of carbonyl (C=O) groups is 1. The minimum atomic E-state index is 0.163. The molecule has 0 bridgehead atoms. The summed E-state index contributed by atoms with van der Waals surface area (Å²) in [7, 11) is 0. The highest BCUT2D eigenvalue weighted by Gasteiger charge is 2.21. The maximum Gasteiger partial charge on any atom is 0.222 e. The molecule has 2 aromatic carbocycles. The number of piperazine rings is 1. The highest BCUT2D eigenvalue weighted by Crippen LogP contribution is 2.27. The van der Waals surface area contributed by atoms with Crippen LogP contribution in [0, 0.1) is 0 Å². The third-order valence-electron chi connectivity index (χ3n) is 4.51. The zero-order valence-electron chi connectivity index (χ0n) is 14.8. The van der Waals surface area contributed by atoms with Gasteiger partial charge in [-0.1, -0.05) is 34.8 Å². The lowest BCUT2D eigenvalue weighted by atomic mass is 10.2. The maximum absolute atomic E-state index is 12.4. The van der Waals surface area contributed by atoms with Crippen LogP contribution in [0.15, 0.2) is 42.5 Å². The third-order valence-corrected chi connectivity index (χ3v) is 5.29. The van der Waals surface area contributed by atoms with Crippen molar-refractivity contribution in [3.05, 3.63) is 57.5 Å². The van der Waals surface area contributed by atoms with E-state index in [-0.39, 0.29) is 5.91 Å². The van der Waals surface area contributed by atoms with Crippen molar-refractivity contribution >= 4 is 46.4 Å². The first kappa shape index (κ1) is 20.1. The Balaban J connectivity index is 1.38. The first-order valence-corrected chi connectivity index (χ1v) is 10.0. The van der Waals surface area contributed by atoms with Crippen molar-refractivity contribution in [2.24, 2.45) is 0 Å². The molecule has 1 aliphatic heterocycles. The van der Waals surface area contributed by atoms with E-state index in [1.54, 1.807) is 18.2 Å². The Kier molecular flexibility index (Phi) is 7.11. The molecule has 0 spiro atoms. The van der Waals surface area contributed by atoms with Crippen molar-refractivity contribution in [2.45, 2.75) is 12.8 Å². The number of nitrogens with zero attached hydrogens (tertiary/aromatic N) is 2. The first-order chi connectivity index (χ1) is 13.0. The summed E-state index contributed by atoms with van der Waals surface area (Å²) >= 11 is 17.9. The van der Waals surface area contributed by atoms with Gasteiger partial charge in [0.25, 0.3) is 0 Å². The fourth-order valence-corrected chi connectivity index (χ4v) is 3.61. The lowest BCUT2D eigenvalue weighted by Crippen LogP contribution is -2.48. The zero-order chi connectivity index (χ0) is 19.2. The molecular weight excluding hydrogens is 407 g/mol. The molecule has 144 valence electrons. The average molecular weight is 428 g/mol. The summed E-state index contributed by atoms with van der Waals surface area (Å²) in [6, 6.07) is 12.9. The number of rotatable bonds is 6. The van der Waals surface area contributed by atoms with Gasteiger partial charge in [0.2, 0.25) is 5.91 Å². The molecule has 0 N–H and O–H groups in total. The maximum atomic E-state index is 12.4. The van der Waals surface area contributed by atoms with Gasteiger partial charge in [-0.15, -0.1) is 0 Å². The Morgan fingerprint density at radius 1 is 0.926 bits per heavy atom. The minimum absolute atomic E-state index is 0.163. The molecule has 3 rings (SSSR count). The fraction of sp³-hybridized carbons (Fsp3) is 0.350. The van der Waals surface area contributed by atoms with E-state index in [9.17, 15) is 4.79 Å². The number of hydrogen-bond donors (Lipinski definition) is 0. The van der Waals surface area contributed by atoms with E-state index in [4.69, 9.17) is 39.5 Å². The van der Waals surface area contributed by atoms with Gasteiger partial charge >= 0.3 is 0 Å². The summed E-state index contributed by atoms with van der Waals surface area (Å²) < 4.78 is 5.63. The Bertz CT molecular complexity index is 775. The number of hydrogen-bond acceptors (Lipinski definition) is 3. The van der Waals surface area contributed by atoms with Crippen molar-refractivity contribution < 1.29 is 9.53 Å². The number of benzene rings is 2. The first-order valence-electron chi connectivity index (χ1n) is 8.89. The van der Waals surface area contributed by atoms with Crippen LogP contribution in [0.5, 0.6) is 5.75 Å². The van der Waals surface area contributed by atoms with Crippen LogP contribution >= 0.6 is 34.8 Å². The van der Waals surface area contributed by atoms with Crippen LogP contribution in [0.1, 0.15) is 12.8 Å². The van der Waals surface area contributed by atoms with Crippen molar-refractivity contribution in [2.75, 3.05) is 37.7 Å². The molecular formula is C20H21Cl3N2O2. The van der Waals surface area contributed by atoms with Gasteiger partial charge in [0.1, 0.15) is 5.75 Å². The van der Waals surface area contributed by atoms with E-state index in [1.165, 1.54) is 0 Å². The molecule has 0 aliphatic carbocycles. The second-order valence-electron chi connectivity index (χ2n) is 6.37. The summed E-state index contributed by atoms with van der Waals surface area (Å²) in [6.45, 7) is 3.54. The van der Waals surface area contributed by atoms with Gasteiger partial charge < -0.3 is 14.5 Å². The van der Waals surface area contributed by atoms with Crippen LogP contribution in [-0.2, 0) is 4.79 Å². The van der Waals surface area contributed by atoms with Crippen LogP contribution in [0.3, 0.4) is 0 Å². The quantitative estimate of drug-likeness (QED) is 0.597. The van der Waals surface area contributed by atoms with Gasteiger partial charge in [-0.05, 0) is 48.9 Å². The van der Waals surface area contributed by atoms with Crippen LogP contribution in [0.25, 0.3) is 0 Å². The number of carbonyl (C=O) groups excluding carboxylic acids is 1. The van der Waals surface area contributed by atoms with Crippen LogP contribution < -0.4 is 9.64 Å². The third kappa shape index (κ3) is 5.68. The van der Waals surface area contributed by atoms with Crippen molar-refractivity contribution in [3.63, 3.8) is 0 Å². The van der Waals surface area contributed by atoms with Gasteiger partial charge in [-0.2, -0.15) is 0 Å². The van der Waals surface area contributed by atoms with Crippen molar-refractivity contribution in [1.82, 2.24) is 4.90 Å². The molecule has 0 atom stereocenters. The predicted octanol–water partition coefficient (Wildman–Crippen LogP) is 5.15. The summed E-state index contributed by atoms with van der Waals surface area (Å²) in [5, 5.41) is 1.78. The Labute approximate surface area is 174 Å². The van der Waals surface area contributed by atoms with Gasteiger partial charge in [-0.3, -0.25) is 4.79 Å². The average Bonchev–Trinajstić information content (AvgIpc) is 2.67. The summed E-state index contributed by atoms with van der Waals surface area (Å²) in [5.74, 6) is 0.752. The molecule has 4 nitrogen and oxygen atoms in total. The fourth-order valence-electron chi connectivity index (χ4n) is 3.02. The summed E-state index contributed by atoms with van der Waals surface area (Å²) in [6.07, 6.45) is 1.11. The second kappa shape index (κ2) is 9.54. The summed E-state index contributed by atoms with van der Waals surface area (Å²) in [5.41, 5.74) is 1.14. The van der Waals surface area contributed by atoms with E-state index < -0.39 is 0 Å². The van der Waals surface area contributed by atoms with E-state index >= 15 is 0 Å². The van der Waals surface area contributed by atoms with Crippen molar-refractivity contribution in [1.29, 1.82) is 0 Å².